The molecule has 2 unspecified atom stereocenters. The van der Waals surface area contributed by atoms with Gasteiger partial charge >= 0.3 is 0 Å². The van der Waals surface area contributed by atoms with Gasteiger partial charge in [-0.15, -0.1) is 0 Å². The lowest BCUT2D eigenvalue weighted by molar-refractivity contribution is 0.147. The summed E-state index contributed by atoms with van der Waals surface area (Å²) in [6.45, 7) is 2.37. The van der Waals surface area contributed by atoms with Crippen molar-refractivity contribution in [2.24, 2.45) is 5.73 Å². The second-order valence-electron chi connectivity index (χ2n) is 5.07. The van der Waals surface area contributed by atoms with Crippen LogP contribution in [-0.2, 0) is 0 Å². The van der Waals surface area contributed by atoms with E-state index in [0.717, 1.165) is 26.9 Å². The van der Waals surface area contributed by atoms with Gasteiger partial charge in [-0.2, -0.15) is 0 Å². The molecule has 112 valence electrons. The molecule has 0 aromatic heterocycles. The third kappa shape index (κ3) is 3.64. The molecule has 21 heavy (non-hydrogen) atoms. The molecule has 0 saturated heterocycles. The highest BCUT2D eigenvalue weighted by Crippen LogP contribution is 2.33. The standard InChI is InChI=1S/C17H20BrNO2/c1-11-8-13(6-7-16(11)18)17(20)15(10-19)12-4-3-5-14(9-12)21-2/h3-9,15,17,20H,10,19H2,1-2H3. The molecule has 0 radical (unpaired) electrons. The van der Waals surface area contributed by atoms with E-state index in [-0.39, 0.29) is 5.92 Å². The third-order valence-corrected chi connectivity index (χ3v) is 4.57. The second-order valence-corrected chi connectivity index (χ2v) is 5.93. The molecule has 2 aromatic carbocycles. The number of aliphatic hydroxyl groups excluding tert-OH is 1. The zero-order valence-electron chi connectivity index (χ0n) is 12.2. The van der Waals surface area contributed by atoms with E-state index >= 15 is 0 Å². The van der Waals surface area contributed by atoms with Gasteiger partial charge in [0, 0.05) is 16.9 Å². The van der Waals surface area contributed by atoms with Crippen LogP contribution >= 0.6 is 15.9 Å². The molecule has 3 N–H and O–H groups in total. The number of ether oxygens (including phenoxy) is 1. The lowest BCUT2D eigenvalue weighted by atomic mass is 9.88. The van der Waals surface area contributed by atoms with Crippen LogP contribution in [0.4, 0.5) is 0 Å². The molecule has 0 heterocycles. The summed E-state index contributed by atoms with van der Waals surface area (Å²) >= 11 is 3.47. The zero-order chi connectivity index (χ0) is 15.4. The summed E-state index contributed by atoms with van der Waals surface area (Å²) in [7, 11) is 1.63. The minimum absolute atomic E-state index is 0.166. The van der Waals surface area contributed by atoms with Gasteiger partial charge in [0.15, 0.2) is 0 Å². The van der Waals surface area contributed by atoms with Crippen molar-refractivity contribution in [2.45, 2.75) is 18.9 Å². The Kier molecular flexibility index (Phi) is 5.39. The first-order valence-corrected chi connectivity index (χ1v) is 7.64. The van der Waals surface area contributed by atoms with Crippen LogP contribution in [0.2, 0.25) is 0 Å². The Morgan fingerprint density at radius 1 is 1.19 bits per heavy atom. The van der Waals surface area contributed by atoms with Crippen molar-refractivity contribution in [3.05, 3.63) is 63.6 Å². The number of nitrogens with two attached hydrogens (primary N) is 1. The SMILES string of the molecule is COc1cccc(C(CN)C(O)c2ccc(Br)c(C)c2)c1. The van der Waals surface area contributed by atoms with Crippen molar-refractivity contribution in [1.82, 2.24) is 0 Å². The number of aryl methyl sites for hydroxylation is 1. The number of rotatable bonds is 5. The van der Waals surface area contributed by atoms with E-state index in [2.05, 4.69) is 15.9 Å². The minimum atomic E-state index is -0.645. The van der Waals surface area contributed by atoms with Crippen molar-refractivity contribution >= 4 is 15.9 Å². The van der Waals surface area contributed by atoms with Crippen LogP contribution in [-0.4, -0.2) is 18.8 Å². The molecule has 2 rings (SSSR count). The molecule has 0 spiro atoms. The summed E-state index contributed by atoms with van der Waals surface area (Å²) in [5.41, 5.74) is 8.83. The topological polar surface area (TPSA) is 55.5 Å². The maximum atomic E-state index is 10.7. The van der Waals surface area contributed by atoms with Crippen LogP contribution in [0.3, 0.4) is 0 Å². The maximum Gasteiger partial charge on any atom is 0.119 e. The van der Waals surface area contributed by atoms with E-state index in [1.165, 1.54) is 0 Å². The number of hydrogen-bond donors (Lipinski definition) is 2. The van der Waals surface area contributed by atoms with Gasteiger partial charge in [-0.05, 0) is 41.8 Å². The first-order chi connectivity index (χ1) is 10.1. The number of aliphatic hydroxyl groups is 1. The number of methoxy groups -OCH3 is 1. The van der Waals surface area contributed by atoms with E-state index < -0.39 is 6.10 Å². The summed E-state index contributed by atoms with van der Waals surface area (Å²) in [5.74, 6) is 0.603. The van der Waals surface area contributed by atoms with Crippen LogP contribution in [0, 0.1) is 6.92 Å². The van der Waals surface area contributed by atoms with E-state index in [1.54, 1.807) is 7.11 Å². The second kappa shape index (κ2) is 7.07. The van der Waals surface area contributed by atoms with Gasteiger partial charge in [-0.3, -0.25) is 0 Å². The molecule has 0 aliphatic rings. The Labute approximate surface area is 133 Å². The highest BCUT2D eigenvalue weighted by atomic mass is 79.9. The van der Waals surface area contributed by atoms with E-state index in [0.29, 0.717) is 6.54 Å². The third-order valence-electron chi connectivity index (χ3n) is 3.68. The summed E-state index contributed by atoms with van der Waals surface area (Å²) in [6.07, 6.45) is -0.645. The minimum Gasteiger partial charge on any atom is -0.497 e. The first kappa shape index (κ1) is 16.0. The molecule has 0 bridgehead atoms. The molecule has 0 fully saturated rings. The Morgan fingerprint density at radius 2 is 1.95 bits per heavy atom. The summed E-state index contributed by atoms with van der Waals surface area (Å²) < 4.78 is 6.27. The van der Waals surface area contributed by atoms with Crippen molar-refractivity contribution in [1.29, 1.82) is 0 Å². The summed E-state index contributed by atoms with van der Waals surface area (Å²) in [4.78, 5) is 0. The van der Waals surface area contributed by atoms with Gasteiger partial charge in [-0.1, -0.05) is 40.2 Å². The Hall–Kier alpha value is -1.36. The fourth-order valence-electron chi connectivity index (χ4n) is 2.40. The molecule has 0 aliphatic heterocycles. The largest absolute Gasteiger partial charge is 0.497 e. The predicted octanol–water partition coefficient (Wildman–Crippen LogP) is 3.54. The zero-order valence-corrected chi connectivity index (χ0v) is 13.8. The van der Waals surface area contributed by atoms with Crippen LogP contribution in [0.5, 0.6) is 5.75 Å². The normalized spacial score (nSPS) is 13.8. The molecule has 3 nitrogen and oxygen atoms in total. The van der Waals surface area contributed by atoms with Gasteiger partial charge in [0.1, 0.15) is 5.75 Å². The van der Waals surface area contributed by atoms with Crippen molar-refractivity contribution in [3.63, 3.8) is 0 Å². The van der Waals surface area contributed by atoms with Gasteiger partial charge in [0.05, 0.1) is 13.2 Å². The maximum absolute atomic E-state index is 10.7. The first-order valence-electron chi connectivity index (χ1n) is 6.85. The van der Waals surface area contributed by atoms with Crippen LogP contribution in [0.25, 0.3) is 0 Å². The van der Waals surface area contributed by atoms with Gasteiger partial charge in [0.2, 0.25) is 0 Å². The van der Waals surface area contributed by atoms with Gasteiger partial charge in [-0.25, -0.2) is 0 Å². The highest BCUT2D eigenvalue weighted by Gasteiger charge is 2.22. The average Bonchev–Trinajstić information content (AvgIpc) is 2.51. The lowest BCUT2D eigenvalue weighted by Gasteiger charge is -2.23. The quantitative estimate of drug-likeness (QED) is 0.867. The fraction of sp³-hybridized carbons (Fsp3) is 0.294. The monoisotopic (exact) mass is 349 g/mol. The van der Waals surface area contributed by atoms with Gasteiger partial charge in [0.25, 0.3) is 0 Å². The number of halogens is 1. The molecular weight excluding hydrogens is 330 g/mol. The average molecular weight is 350 g/mol. The molecule has 2 atom stereocenters. The smallest absolute Gasteiger partial charge is 0.119 e. The molecule has 0 amide bonds. The van der Waals surface area contributed by atoms with Crippen molar-refractivity contribution < 1.29 is 9.84 Å². The highest BCUT2D eigenvalue weighted by molar-refractivity contribution is 9.10. The fourth-order valence-corrected chi connectivity index (χ4v) is 2.65. The Morgan fingerprint density at radius 3 is 2.57 bits per heavy atom. The van der Waals surface area contributed by atoms with Crippen molar-refractivity contribution in [3.8, 4) is 5.75 Å². The van der Waals surface area contributed by atoms with E-state index in [4.69, 9.17) is 10.5 Å². The Balaban J connectivity index is 2.32. The van der Waals surface area contributed by atoms with Crippen LogP contribution < -0.4 is 10.5 Å². The number of hydrogen-bond acceptors (Lipinski definition) is 3. The predicted molar refractivity (Wildman–Crippen MR) is 88.6 cm³/mol. The van der Waals surface area contributed by atoms with E-state index in [1.807, 2.05) is 49.4 Å². The lowest BCUT2D eigenvalue weighted by Crippen LogP contribution is -2.20. The summed E-state index contributed by atoms with van der Waals surface area (Å²) in [5, 5.41) is 10.7. The van der Waals surface area contributed by atoms with Crippen LogP contribution in [0.15, 0.2) is 46.9 Å². The molecular formula is C17H20BrNO2. The number of benzene rings is 2. The molecule has 0 saturated carbocycles. The van der Waals surface area contributed by atoms with Gasteiger partial charge < -0.3 is 15.6 Å². The van der Waals surface area contributed by atoms with Crippen molar-refractivity contribution in [2.75, 3.05) is 13.7 Å². The van der Waals surface area contributed by atoms with E-state index in [9.17, 15) is 5.11 Å². The molecule has 0 aliphatic carbocycles. The molecule has 4 heteroatoms. The summed E-state index contributed by atoms with van der Waals surface area (Å²) in [6, 6.07) is 13.5. The van der Waals surface area contributed by atoms with Crippen LogP contribution in [0.1, 0.15) is 28.7 Å². The molecule has 2 aromatic rings. The Bertz CT molecular complexity index is 615.